The van der Waals surface area contributed by atoms with Crippen LogP contribution in [0.3, 0.4) is 0 Å². The van der Waals surface area contributed by atoms with Crippen molar-refractivity contribution in [2.75, 3.05) is 6.54 Å². The zero-order chi connectivity index (χ0) is 19.6. The van der Waals surface area contributed by atoms with Crippen LogP contribution in [0.15, 0.2) is 12.7 Å². The van der Waals surface area contributed by atoms with Gasteiger partial charge >= 0.3 is 0 Å². The maximum atomic E-state index is 11.3. The SMILES string of the molecule is C=CC(=O)NCC1O[C@@H](O[C@H]2C(N)O[C@@H](N)C(O)[C@H]2O)C(N)[C@@H](O)[C@H]1O. The molecular formula is C14H26N4O8. The number of amides is 1. The zero-order valence-electron chi connectivity index (χ0n) is 13.9. The highest BCUT2D eigenvalue weighted by atomic mass is 16.7. The number of hydrogen-bond acceptors (Lipinski definition) is 11. The molecule has 26 heavy (non-hydrogen) atoms. The Morgan fingerprint density at radius 2 is 1.69 bits per heavy atom. The second kappa shape index (κ2) is 8.67. The lowest BCUT2D eigenvalue weighted by Gasteiger charge is -2.45. The number of aliphatic hydroxyl groups is 4. The summed E-state index contributed by atoms with van der Waals surface area (Å²) in [6, 6.07) is -1.19. The monoisotopic (exact) mass is 378 g/mol. The molecule has 2 aliphatic heterocycles. The molecular weight excluding hydrogens is 352 g/mol. The average molecular weight is 378 g/mol. The molecule has 2 saturated heterocycles. The number of ether oxygens (including phenoxy) is 3. The van der Waals surface area contributed by atoms with Crippen molar-refractivity contribution in [3.8, 4) is 0 Å². The molecule has 0 radical (unpaired) electrons. The molecule has 11 N–H and O–H groups in total. The third kappa shape index (κ3) is 4.37. The molecule has 2 fully saturated rings. The molecule has 10 atom stereocenters. The van der Waals surface area contributed by atoms with E-state index in [1.54, 1.807) is 0 Å². The van der Waals surface area contributed by atoms with Gasteiger partial charge in [-0.2, -0.15) is 0 Å². The van der Waals surface area contributed by atoms with E-state index >= 15 is 0 Å². The van der Waals surface area contributed by atoms with Gasteiger partial charge in [0.15, 0.2) is 6.29 Å². The summed E-state index contributed by atoms with van der Waals surface area (Å²) in [5.41, 5.74) is 17.0. The van der Waals surface area contributed by atoms with Gasteiger partial charge in [0.2, 0.25) is 5.91 Å². The molecule has 0 bridgehead atoms. The Morgan fingerprint density at radius 1 is 1.04 bits per heavy atom. The van der Waals surface area contributed by atoms with E-state index in [0.717, 1.165) is 6.08 Å². The summed E-state index contributed by atoms with van der Waals surface area (Å²) in [6.45, 7) is 3.14. The van der Waals surface area contributed by atoms with Crippen molar-refractivity contribution in [3.05, 3.63) is 12.7 Å². The van der Waals surface area contributed by atoms with Crippen molar-refractivity contribution in [2.45, 2.75) is 61.4 Å². The Kier molecular flexibility index (Phi) is 7.04. The van der Waals surface area contributed by atoms with Crippen LogP contribution in [0.4, 0.5) is 0 Å². The first-order valence-electron chi connectivity index (χ1n) is 8.03. The smallest absolute Gasteiger partial charge is 0.243 e. The number of carbonyl (C=O) groups excluding carboxylic acids is 1. The highest BCUT2D eigenvalue weighted by Gasteiger charge is 2.48. The molecule has 0 saturated carbocycles. The molecule has 1 amide bonds. The Balaban J connectivity index is 2.06. The van der Waals surface area contributed by atoms with Gasteiger partial charge in [-0.3, -0.25) is 4.79 Å². The number of rotatable bonds is 5. The van der Waals surface area contributed by atoms with Crippen LogP contribution in [0.2, 0.25) is 0 Å². The lowest BCUT2D eigenvalue weighted by Crippen LogP contribution is -2.68. The van der Waals surface area contributed by atoms with Crippen molar-refractivity contribution in [1.29, 1.82) is 0 Å². The van der Waals surface area contributed by atoms with Gasteiger partial charge in [0.1, 0.15) is 49.1 Å². The largest absolute Gasteiger partial charge is 0.388 e. The fraction of sp³-hybridized carbons (Fsp3) is 0.786. The van der Waals surface area contributed by atoms with Crippen molar-refractivity contribution in [1.82, 2.24) is 5.32 Å². The van der Waals surface area contributed by atoms with Crippen LogP contribution in [0.25, 0.3) is 0 Å². The van der Waals surface area contributed by atoms with E-state index in [9.17, 15) is 25.2 Å². The predicted molar refractivity (Wildman–Crippen MR) is 85.8 cm³/mol. The second-order valence-electron chi connectivity index (χ2n) is 6.20. The fourth-order valence-corrected chi connectivity index (χ4v) is 2.75. The van der Waals surface area contributed by atoms with Gasteiger partial charge in [0, 0.05) is 6.54 Å². The predicted octanol–water partition coefficient (Wildman–Crippen LogP) is -5.23. The molecule has 4 unspecified atom stereocenters. The molecule has 2 rings (SSSR count). The summed E-state index contributed by atoms with van der Waals surface area (Å²) in [5, 5.41) is 42.5. The number of hydrogen-bond donors (Lipinski definition) is 8. The molecule has 2 aliphatic rings. The normalized spacial score (nSPS) is 46.6. The Bertz CT molecular complexity index is 511. The number of carbonyl (C=O) groups is 1. The topological polar surface area (TPSA) is 216 Å². The minimum absolute atomic E-state index is 0.154. The van der Waals surface area contributed by atoms with Gasteiger partial charge in [-0.1, -0.05) is 6.58 Å². The van der Waals surface area contributed by atoms with Crippen molar-refractivity contribution >= 4 is 5.91 Å². The van der Waals surface area contributed by atoms with E-state index in [-0.39, 0.29) is 6.54 Å². The minimum Gasteiger partial charge on any atom is -0.388 e. The zero-order valence-corrected chi connectivity index (χ0v) is 13.9. The highest BCUT2D eigenvalue weighted by Crippen LogP contribution is 2.26. The molecule has 150 valence electrons. The van der Waals surface area contributed by atoms with E-state index in [0.29, 0.717) is 0 Å². The van der Waals surface area contributed by atoms with Gasteiger partial charge in [-0.15, -0.1) is 0 Å². The number of nitrogens with two attached hydrogens (primary N) is 3. The van der Waals surface area contributed by atoms with Gasteiger partial charge in [-0.05, 0) is 6.08 Å². The van der Waals surface area contributed by atoms with E-state index in [1.165, 1.54) is 0 Å². The number of nitrogens with one attached hydrogen (secondary N) is 1. The lowest BCUT2D eigenvalue weighted by atomic mass is 9.96. The van der Waals surface area contributed by atoms with Crippen LogP contribution >= 0.6 is 0 Å². The molecule has 0 aromatic heterocycles. The van der Waals surface area contributed by atoms with Crippen LogP contribution in [0, 0.1) is 0 Å². The maximum absolute atomic E-state index is 11.3. The first-order valence-corrected chi connectivity index (χ1v) is 8.03. The van der Waals surface area contributed by atoms with Crippen LogP contribution in [-0.4, -0.2) is 94.3 Å². The Morgan fingerprint density at radius 3 is 2.31 bits per heavy atom. The van der Waals surface area contributed by atoms with E-state index in [4.69, 9.17) is 31.4 Å². The highest BCUT2D eigenvalue weighted by molar-refractivity contribution is 5.86. The average Bonchev–Trinajstić information content (AvgIpc) is 2.61. The van der Waals surface area contributed by atoms with Gasteiger partial charge in [0.25, 0.3) is 0 Å². The Hall–Kier alpha value is -1.19. The van der Waals surface area contributed by atoms with Crippen LogP contribution in [0.5, 0.6) is 0 Å². The van der Waals surface area contributed by atoms with Crippen molar-refractivity contribution in [3.63, 3.8) is 0 Å². The third-order valence-corrected chi connectivity index (χ3v) is 4.36. The molecule has 0 aromatic rings. The fourth-order valence-electron chi connectivity index (χ4n) is 2.75. The summed E-state index contributed by atoms with van der Waals surface area (Å²) in [7, 11) is 0. The van der Waals surface area contributed by atoms with E-state index in [1.807, 2.05) is 0 Å². The van der Waals surface area contributed by atoms with Crippen molar-refractivity contribution in [2.24, 2.45) is 17.2 Å². The quantitative estimate of drug-likeness (QED) is 0.211. The van der Waals surface area contributed by atoms with Crippen LogP contribution < -0.4 is 22.5 Å². The van der Waals surface area contributed by atoms with Gasteiger partial charge in [-0.25, -0.2) is 0 Å². The molecule has 0 spiro atoms. The second-order valence-corrected chi connectivity index (χ2v) is 6.20. The molecule has 0 aromatic carbocycles. The van der Waals surface area contributed by atoms with E-state index < -0.39 is 67.3 Å². The minimum atomic E-state index is -1.49. The standard InChI is InChI=1S/C14H26N4O8/c1-2-5(19)18-3-4-7(20)8(21)6(15)14(24-4)25-11-9(22)10(23)12(16)26-13(11)17/h2,4,6-14,20-23H,1,3,15-17H2,(H,18,19)/t4?,6?,7-,8+,9+,10?,11+,12+,13?,14-/m0/s1. The molecule has 0 aliphatic carbocycles. The van der Waals surface area contributed by atoms with E-state index in [2.05, 4.69) is 11.9 Å². The van der Waals surface area contributed by atoms with Crippen LogP contribution in [-0.2, 0) is 19.0 Å². The Labute approximate surface area is 149 Å². The van der Waals surface area contributed by atoms with Crippen molar-refractivity contribution < 1.29 is 39.4 Å². The summed E-state index contributed by atoms with van der Waals surface area (Å²) >= 11 is 0. The molecule has 12 heteroatoms. The van der Waals surface area contributed by atoms with Crippen LogP contribution in [0.1, 0.15) is 0 Å². The number of aliphatic hydroxyl groups excluding tert-OH is 4. The van der Waals surface area contributed by atoms with Gasteiger partial charge in [0.05, 0.1) is 6.04 Å². The lowest BCUT2D eigenvalue weighted by molar-refractivity contribution is -0.313. The summed E-state index contributed by atoms with van der Waals surface area (Å²) < 4.78 is 16.1. The summed E-state index contributed by atoms with van der Waals surface area (Å²) in [5.74, 6) is -0.502. The van der Waals surface area contributed by atoms with Gasteiger partial charge < -0.3 is 57.2 Å². The third-order valence-electron chi connectivity index (χ3n) is 4.36. The molecule has 2 heterocycles. The summed E-state index contributed by atoms with van der Waals surface area (Å²) in [4.78, 5) is 11.3. The first-order chi connectivity index (χ1) is 12.2. The summed E-state index contributed by atoms with van der Waals surface area (Å²) in [6.07, 6.45) is -10.8. The molecule has 12 nitrogen and oxygen atoms in total. The maximum Gasteiger partial charge on any atom is 0.243 e. The first kappa shape index (κ1) is 21.1.